The molecule has 0 radical (unpaired) electrons. The molecule has 0 rings (SSSR count). The highest BCUT2D eigenvalue weighted by atomic mass is 32.2. The van der Waals surface area contributed by atoms with Crippen LogP contribution in [-0.2, 0) is 14.6 Å². The van der Waals surface area contributed by atoms with Gasteiger partial charge in [-0.25, -0.2) is 8.42 Å². The lowest BCUT2D eigenvalue weighted by Crippen LogP contribution is -2.21. The smallest absolute Gasteiger partial charge is 0.148 e. The van der Waals surface area contributed by atoms with E-state index >= 15 is 0 Å². The standard InChI is InChI=1S/C9H18O3S/c1-7(2)5-9(10)8(3)6-13(4,11)12/h7-8H,5-6H2,1-4H3. The van der Waals surface area contributed by atoms with Crippen molar-refractivity contribution in [3.63, 3.8) is 0 Å². The molecule has 4 heteroatoms. The van der Waals surface area contributed by atoms with Crippen molar-refractivity contribution < 1.29 is 13.2 Å². The summed E-state index contributed by atoms with van der Waals surface area (Å²) in [6.07, 6.45) is 1.63. The molecule has 0 aliphatic heterocycles. The van der Waals surface area contributed by atoms with Crippen LogP contribution in [0.25, 0.3) is 0 Å². The predicted molar refractivity (Wildman–Crippen MR) is 53.3 cm³/mol. The molecule has 0 aromatic rings. The number of hydrogen-bond acceptors (Lipinski definition) is 3. The number of hydrogen-bond donors (Lipinski definition) is 0. The van der Waals surface area contributed by atoms with Crippen LogP contribution in [0.15, 0.2) is 0 Å². The number of Topliss-reactive ketones (excluding diaryl/α,β-unsaturated/α-hetero) is 1. The minimum atomic E-state index is -3.03. The Morgan fingerprint density at radius 3 is 2.00 bits per heavy atom. The lowest BCUT2D eigenvalue weighted by molar-refractivity contribution is -0.122. The lowest BCUT2D eigenvalue weighted by atomic mass is 9.99. The number of carbonyl (C=O) groups excluding carboxylic acids is 1. The second kappa shape index (κ2) is 4.74. The first-order chi connectivity index (χ1) is 5.72. The summed E-state index contributed by atoms with van der Waals surface area (Å²) in [5.74, 6) is -0.0502. The van der Waals surface area contributed by atoms with Crippen molar-refractivity contribution in [2.24, 2.45) is 11.8 Å². The SMILES string of the molecule is CC(C)CC(=O)C(C)CS(C)(=O)=O. The molecule has 0 bridgehead atoms. The van der Waals surface area contributed by atoms with Crippen LogP contribution in [-0.4, -0.2) is 26.2 Å². The lowest BCUT2D eigenvalue weighted by Gasteiger charge is -2.10. The zero-order chi connectivity index (χ0) is 10.6. The highest BCUT2D eigenvalue weighted by Crippen LogP contribution is 2.09. The van der Waals surface area contributed by atoms with Crippen molar-refractivity contribution in [1.29, 1.82) is 0 Å². The number of sulfone groups is 1. The molecule has 13 heavy (non-hydrogen) atoms. The summed E-state index contributed by atoms with van der Waals surface area (Å²) < 4.78 is 21.8. The van der Waals surface area contributed by atoms with Crippen LogP contribution < -0.4 is 0 Å². The van der Waals surface area contributed by atoms with Crippen LogP contribution in [0.3, 0.4) is 0 Å². The van der Waals surface area contributed by atoms with Crippen LogP contribution in [0.1, 0.15) is 27.2 Å². The molecule has 0 spiro atoms. The summed E-state index contributed by atoms with van der Waals surface area (Å²) in [4.78, 5) is 11.4. The zero-order valence-corrected chi connectivity index (χ0v) is 9.52. The molecule has 0 aromatic carbocycles. The minimum absolute atomic E-state index is 0.0292. The summed E-state index contributed by atoms with van der Waals surface area (Å²) in [7, 11) is -3.03. The molecule has 0 saturated heterocycles. The molecule has 0 heterocycles. The third-order valence-electron chi connectivity index (χ3n) is 1.71. The molecular formula is C9H18O3S. The van der Waals surface area contributed by atoms with Crippen molar-refractivity contribution in [3.8, 4) is 0 Å². The maximum Gasteiger partial charge on any atom is 0.148 e. The van der Waals surface area contributed by atoms with E-state index in [-0.39, 0.29) is 17.5 Å². The molecule has 0 aliphatic carbocycles. The van der Waals surface area contributed by atoms with Gasteiger partial charge < -0.3 is 0 Å². The normalized spacial score (nSPS) is 14.5. The van der Waals surface area contributed by atoms with E-state index in [1.165, 1.54) is 0 Å². The Balaban J connectivity index is 4.13. The average molecular weight is 206 g/mol. The second-order valence-electron chi connectivity index (χ2n) is 4.06. The first-order valence-electron chi connectivity index (χ1n) is 4.43. The van der Waals surface area contributed by atoms with Crippen molar-refractivity contribution in [3.05, 3.63) is 0 Å². The van der Waals surface area contributed by atoms with Gasteiger partial charge in [0.05, 0.1) is 5.75 Å². The van der Waals surface area contributed by atoms with Crippen molar-refractivity contribution >= 4 is 15.6 Å². The molecular weight excluding hydrogens is 188 g/mol. The maximum atomic E-state index is 11.4. The van der Waals surface area contributed by atoms with Gasteiger partial charge >= 0.3 is 0 Å². The summed E-state index contributed by atoms with van der Waals surface area (Å²) in [6.45, 7) is 5.57. The molecule has 1 unspecified atom stereocenters. The molecule has 0 N–H and O–H groups in total. The van der Waals surface area contributed by atoms with Crippen LogP contribution in [0.4, 0.5) is 0 Å². The summed E-state index contributed by atoms with van der Waals surface area (Å²) in [6, 6.07) is 0. The Kier molecular flexibility index (Phi) is 4.61. The van der Waals surface area contributed by atoms with Gasteiger partial charge in [0.2, 0.25) is 0 Å². The quantitative estimate of drug-likeness (QED) is 0.681. The minimum Gasteiger partial charge on any atom is -0.299 e. The summed E-state index contributed by atoms with van der Waals surface area (Å²) in [5.41, 5.74) is 0. The second-order valence-corrected chi connectivity index (χ2v) is 6.24. The summed E-state index contributed by atoms with van der Waals surface area (Å²) in [5, 5.41) is 0. The van der Waals surface area contributed by atoms with Crippen molar-refractivity contribution in [1.82, 2.24) is 0 Å². The van der Waals surface area contributed by atoms with E-state index in [0.29, 0.717) is 12.3 Å². The van der Waals surface area contributed by atoms with Crippen LogP contribution in [0.5, 0.6) is 0 Å². The molecule has 1 atom stereocenters. The van der Waals surface area contributed by atoms with E-state index in [1.54, 1.807) is 6.92 Å². The highest BCUT2D eigenvalue weighted by molar-refractivity contribution is 7.90. The monoisotopic (exact) mass is 206 g/mol. The number of rotatable bonds is 5. The first kappa shape index (κ1) is 12.6. The van der Waals surface area contributed by atoms with E-state index in [0.717, 1.165) is 6.26 Å². The number of carbonyl (C=O) groups is 1. The Hall–Kier alpha value is -0.380. The topological polar surface area (TPSA) is 51.2 Å². The predicted octanol–water partition coefficient (Wildman–Crippen LogP) is 1.28. The van der Waals surface area contributed by atoms with Gasteiger partial charge in [-0.3, -0.25) is 4.79 Å². The van der Waals surface area contributed by atoms with Crippen LogP contribution in [0, 0.1) is 11.8 Å². The van der Waals surface area contributed by atoms with Crippen LogP contribution in [0.2, 0.25) is 0 Å². The molecule has 0 saturated carbocycles. The average Bonchev–Trinajstić information content (AvgIpc) is 1.81. The Morgan fingerprint density at radius 1 is 1.23 bits per heavy atom. The van der Waals surface area contributed by atoms with E-state index < -0.39 is 9.84 Å². The zero-order valence-electron chi connectivity index (χ0n) is 8.70. The van der Waals surface area contributed by atoms with Gasteiger partial charge in [-0.15, -0.1) is 0 Å². The fraction of sp³-hybridized carbons (Fsp3) is 0.889. The molecule has 78 valence electrons. The molecule has 3 nitrogen and oxygen atoms in total. The third kappa shape index (κ3) is 6.75. The van der Waals surface area contributed by atoms with Crippen molar-refractivity contribution in [2.45, 2.75) is 27.2 Å². The van der Waals surface area contributed by atoms with Gasteiger partial charge in [-0.05, 0) is 5.92 Å². The van der Waals surface area contributed by atoms with Crippen molar-refractivity contribution in [2.75, 3.05) is 12.0 Å². The van der Waals surface area contributed by atoms with E-state index in [1.807, 2.05) is 13.8 Å². The van der Waals surface area contributed by atoms with E-state index in [4.69, 9.17) is 0 Å². The number of ketones is 1. The third-order valence-corrected chi connectivity index (χ3v) is 2.82. The summed E-state index contributed by atoms with van der Waals surface area (Å²) >= 11 is 0. The Morgan fingerprint density at radius 2 is 1.69 bits per heavy atom. The largest absolute Gasteiger partial charge is 0.299 e. The van der Waals surface area contributed by atoms with Gasteiger partial charge in [0.25, 0.3) is 0 Å². The van der Waals surface area contributed by atoms with Gasteiger partial charge in [0.1, 0.15) is 15.6 Å². The Bertz CT molecular complexity index is 265. The molecule has 0 fully saturated rings. The van der Waals surface area contributed by atoms with Gasteiger partial charge in [0.15, 0.2) is 0 Å². The fourth-order valence-corrected chi connectivity index (χ4v) is 2.24. The molecule has 0 aromatic heterocycles. The van der Waals surface area contributed by atoms with Crippen LogP contribution >= 0.6 is 0 Å². The highest BCUT2D eigenvalue weighted by Gasteiger charge is 2.18. The van der Waals surface area contributed by atoms with Gasteiger partial charge in [-0.1, -0.05) is 20.8 Å². The van der Waals surface area contributed by atoms with Gasteiger partial charge in [-0.2, -0.15) is 0 Å². The Labute approximate surface area is 80.4 Å². The molecule has 0 aliphatic rings. The molecule has 0 amide bonds. The fourth-order valence-electron chi connectivity index (χ4n) is 1.15. The van der Waals surface area contributed by atoms with E-state index in [9.17, 15) is 13.2 Å². The maximum absolute atomic E-state index is 11.4. The first-order valence-corrected chi connectivity index (χ1v) is 6.49. The van der Waals surface area contributed by atoms with E-state index in [2.05, 4.69) is 0 Å². The van der Waals surface area contributed by atoms with Gasteiger partial charge in [0, 0.05) is 18.6 Å².